The van der Waals surface area contributed by atoms with E-state index in [1.54, 1.807) is 6.08 Å². The predicted octanol–water partition coefficient (Wildman–Crippen LogP) is 3.62. The highest BCUT2D eigenvalue weighted by Gasteiger charge is 2.12. The SMILES string of the molecule is C=C(C)C(Br)CC(Br)/C(C)=C/C=O. The van der Waals surface area contributed by atoms with Crippen LogP contribution in [-0.4, -0.2) is 15.9 Å². The van der Waals surface area contributed by atoms with Crippen molar-refractivity contribution < 1.29 is 4.79 Å². The molecule has 0 radical (unpaired) electrons. The van der Waals surface area contributed by atoms with Gasteiger partial charge in [-0.3, -0.25) is 4.79 Å². The lowest BCUT2D eigenvalue weighted by Gasteiger charge is -2.14. The molecule has 0 rings (SSSR count). The summed E-state index contributed by atoms with van der Waals surface area (Å²) in [5.41, 5.74) is 2.14. The van der Waals surface area contributed by atoms with Crippen molar-refractivity contribution in [3.8, 4) is 0 Å². The number of halogens is 2. The van der Waals surface area contributed by atoms with E-state index in [1.165, 1.54) is 0 Å². The van der Waals surface area contributed by atoms with E-state index in [0.29, 0.717) is 4.83 Å². The molecule has 0 aromatic heterocycles. The zero-order chi connectivity index (χ0) is 10.4. The Morgan fingerprint density at radius 3 is 2.31 bits per heavy atom. The van der Waals surface area contributed by atoms with Gasteiger partial charge in [-0.25, -0.2) is 0 Å². The average molecular weight is 310 g/mol. The Kier molecular flexibility index (Phi) is 6.60. The first-order valence-electron chi connectivity index (χ1n) is 4.04. The Bertz CT molecular complexity index is 221. The maximum absolute atomic E-state index is 10.2. The van der Waals surface area contributed by atoms with E-state index in [4.69, 9.17) is 0 Å². The van der Waals surface area contributed by atoms with E-state index in [-0.39, 0.29) is 4.83 Å². The van der Waals surface area contributed by atoms with Gasteiger partial charge in [-0.2, -0.15) is 0 Å². The van der Waals surface area contributed by atoms with Gasteiger partial charge >= 0.3 is 0 Å². The molecule has 0 aliphatic carbocycles. The monoisotopic (exact) mass is 308 g/mol. The standard InChI is InChI=1S/C10H14Br2O/c1-7(2)9(11)6-10(12)8(3)4-5-13/h4-5,9-10H,1,6H2,2-3H3/b8-4+. The Labute approximate surface area is 96.5 Å². The van der Waals surface area contributed by atoms with Crippen molar-refractivity contribution in [2.75, 3.05) is 0 Å². The molecule has 2 unspecified atom stereocenters. The minimum absolute atomic E-state index is 0.235. The second-order valence-corrected chi connectivity index (χ2v) is 5.27. The van der Waals surface area contributed by atoms with Crippen LogP contribution < -0.4 is 0 Å². The van der Waals surface area contributed by atoms with Crippen LogP contribution in [-0.2, 0) is 4.79 Å². The van der Waals surface area contributed by atoms with Gasteiger partial charge in [-0.1, -0.05) is 49.6 Å². The first-order valence-corrected chi connectivity index (χ1v) is 5.87. The van der Waals surface area contributed by atoms with Crippen molar-refractivity contribution in [2.45, 2.75) is 29.9 Å². The van der Waals surface area contributed by atoms with Crippen LogP contribution >= 0.6 is 31.9 Å². The molecular formula is C10H14Br2O. The van der Waals surface area contributed by atoms with Crippen molar-refractivity contribution in [1.29, 1.82) is 0 Å². The van der Waals surface area contributed by atoms with Crippen LogP contribution in [0.5, 0.6) is 0 Å². The molecule has 0 aliphatic rings. The van der Waals surface area contributed by atoms with Gasteiger partial charge in [0.2, 0.25) is 0 Å². The Morgan fingerprint density at radius 1 is 1.38 bits per heavy atom. The number of allylic oxidation sites excluding steroid dienone is 3. The summed E-state index contributed by atoms with van der Waals surface area (Å²) in [7, 11) is 0. The fraction of sp³-hybridized carbons (Fsp3) is 0.500. The van der Waals surface area contributed by atoms with Gasteiger partial charge < -0.3 is 0 Å². The Hall–Kier alpha value is 0.110. The second kappa shape index (κ2) is 6.55. The lowest BCUT2D eigenvalue weighted by atomic mass is 10.1. The first kappa shape index (κ1) is 13.1. The van der Waals surface area contributed by atoms with Gasteiger partial charge in [-0.05, 0) is 26.3 Å². The van der Waals surface area contributed by atoms with E-state index in [2.05, 4.69) is 38.4 Å². The number of aldehydes is 1. The van der Waals surface area contributed by atoms with Crippen LogP contribution in [0.25, 0.3) is 0 Å². The molecule has 0 aromatic rings. The van der Waals surface area contributed by atoms with Crippen molar-refractivity contribution in [2.24, 2.45) is 0 Å². The summed E-state index contributed by atoms with van der Waals surface area (Å²) in [5.74, 6) is 0. The predicted molar refractivity (Wildman–Crippen MR) is 64.7 cm³/mol. The van der Waals surface area contributed by atoms with Gasteiger partial charge in [-0.15, -0.1) is 0 Å². The third-order valence-corrected chi connectivity index (χ3v) is 4.03. The topological polar surface area (TPSA) is 17.1 Å². The molecular weight excluding hydrogens is 296 g/mol. The van der Waals surface area contributed by atoms with Crippen LogP contribution in [0, 0.1) is 0 Å². The van der Waals surface area contributed by atoms with Crippen molar-refractivity contribution in [3.63, 3.8) is 0 Å². The highest BCUT2D eigenvalue weighted by molar-refractivity contribution is 9.10. The Balaban J connectivity index is 4.14. The molecule has 0 aliphatic heterocycles. The normalized spacial score (nSPS) is 16.5. The lowest BCUT2D eigenvalue weighted by Crippen LogP contribution is -2.09. The van der Waals surface area contributed by atoms with Gasteiger partial charge in [0.1, 0.15) is 6.29 Å². The zero-order valence-corrected chi connectivity index (χ0v) is 11.1. The van der Waals surface area contributed by atoms with E-state index in [9.17, 15) is 4.79 Å². The fourth-order valence-electron chi connectivity index (χ4n) is 0.780. The maximum atomic E-state index is 10.2. The molecule has 0 heterocycles. The molecule has 0 aromatic carbocycles. The molecule has 0 amide bonds. The molecule has 2 atom stereocenters. The van der Waals surface area contributed by atoms with E-state index in [0.717, 1.165) is 23.9 Å². The number of carbonyl (C=O) groups is 1. The molecule has 0 spiro atoms. The smallest absolute Gasteiger partial charge is 0.142 e. The minimum Gasteiger partial charge on any atom is -0.299 e. The Morgan fingerprint density at radius 2 is 1.92 bits per heavy atom. The minimum atomic E-state index is 0.235. The van der Waals surface area contributed by atoms with E-state index in [1.807, 2.05) is 13.8 Å². The third-order valence-electron chi connectivity index (χ3n) is 1.77. The molecule has 0 saturated heterocycles. The summed E-state index contributed by atoms with van der Waals surface area (Å²) in [6, 6.07) is 0. The van der Waals surface area contributed by atoms with Crippen molar-refractivity contribution >= 4 is 38.1 Å². The second-order valence-electron chi connectivity index (χ2n) is 3.06. The first-order chi connectivity index (χ1) is 5.99. The molecule has 0 bridgehead atoms. The maximum Gasteiger partial charge on any atom is 0.142 e. The van der Waals surface area contributed by atoms with Gasteiger partial charge in [0.25, 0.3) is 0 Å². The molecule has 74 valence electrons. The largest absolute Gasteiger partial charge is 0.299 e. The molecule has 1 nitrogen and oxygen atoms in total. The van der Waals surface area contributed by atoms with Crippen molar-refractivity contribution in [1.82, 2.24) is 0 Å². The van der Waals surface area contributed by atoms with Crippen LogP contribution in [0.4, 0.5) is 0 Å². The summed E-state index contributed by atoms with van der Waals surface area (Å²) < 4.78 is 0. The summed E-state index contributed by atoms with van der Waals surface area (Å²) in [6.45, 7) is 7.78. The number of carbonyl (C=O) groups excluding carboxylic acids is 1. The summed E-state index contributed by atoms with van der Waals surface area (Å²) in [6.07, 6.45) is 3.30. The number of rotatable bonds is 5. The van der Waals surface area contributed by atoms with Gasteiger partial charge in [0, 0.05) is 9.65 Å². The number of hydrogen-bond donors (Lipinski definition) is 0. The van der Waals surface area contributed by atoms with Crippen molar-refractivity contribution in [3.05, 3.63) is 23.8 Å². The molecule has 0 N–H and O–H groups in total. The molecule has 0 fully saturated rings. The third kappa shape index (κ3) is 5.42. The lowest BCUT2D eigenvalue weighted by molar-refractivity contribution is -0.104. The highest BCUT2D eigenvalue weighted by atomic mass is 79.9. The van der Waals surface area contributed by atoms with Gasteiger partial charge in [0.15, 0.2) is 0 Å². The summed E-state index contributed by atoms with van der Waals surface area (Å²) in [4.78, 5) is 10.7. The zero-order valence-electron chi connectivity index (χ0n) is 7.89. The quantitative estimate of drug-likeness (QED) is 0.328. The highest BCUT2D eigenvalue weighted by Crippen LogP contribution is 2.24. The average Bonchev–Trinajstić information content (AvgIpc) is 2.04. The molecule has 3 heteroatoms. The fourth-order valence-corrected chi connectivity index (χ4v) is 2.18. The van der Waals surface area contributed by atoms with Crippen LogP contribution in [0.15, 0.2) is 23.8 Å². The van der Waals surface area contributed by atoms with Gasteiger partial charge in [0.05, 0.1) is 0 Å². The molecule has 0 saturated carbocycles. The van der Waals surface area contributed by atoms with Crippen LogP contribution in [0.3, 0.4) is 0 Å². The summed E-state index contributed by atoms with van der Waals surface area (Å²) >= 11 is 7.03. The van der Waals surface area contributed by atoms with Crippen LogP contribution in [0.1, 0.15) is 20.3 Å². The summed E-state index contributed by atoms with van der Waals surface area (Å²) in [5, 5.41) is 0. The number of hydrogen-bond acceptors (Lipinski definition) is 1. The van der Waals surface area contributed by atoms with Crippen LogP contribution in [0.2, 0.25) is 0 Å². The number of alkyl halides is 2. The van der Waals surface area contributed by atoms with E-state index >= 15 is 0 Å². The molecule has 13 heavy (non-hydrogen) atoms. The van der Waals surface area contributed by atoms with E-state index < -0.39 is 0 Å².